The molecular weight excluding hydrogens is 259 g/mol. The van der Waals surface area contributed by atoms with Crippen molar-refractivity contribution in [3.8, 4) is 0 Å². The fourth-order valence-corrected chi connectivity index (χ4v) is 2.18. The maximum atomic E-state index is 12.9. The predicted octanol–water partition coefficient (Wildman–Crippen LogP) is 1.81. The van der Waals surface area contributed by atoms with Crippen molar-refractivity contribution < 1.29 is 23.0 Å². The molecule has 1 aromatic carbocycles. The van der Waals surface area contributed by atoms with Crippen LogP contribution in [0.5, 0.6) is 0 Å². The molecule has 1 heterocycles. The first-order chi connectivity index (χ1) is 9.00. The van der Waals surface area contributed by atoms with Crippen molar-refractivity contribution in [1.29, 1.82) is 0 Å². The van der Waals surface area contributed by atoms with Gasteiger partial charge in [-0.1, -0.05) is 30.3 Å². The van der Waals surface area contributed by atoms with Gasteiger partial charge in [0, 0.05) is 13.1 Å². The fraction of sp³-hybridized carbons (Fsp3) is 0.538. The number of nitrogens with zero attached hydrogens (tertiary/aromatic N) is 1. The quantitative estimate of drug-likeness (QED) is 0.913. The number of aliphatic hydroxyl groups is 1. The molecule has 1 N–H and O–H groups in total. The van der Waals surface area contributed by atoms with Crippen molar-refractivity contribution >= 4 is 0 Å². The summed E-state index contributed by atoms with van der Waals surface area (Å²) in [6, 6.07) is 7.37. The van der Waals surface area contributed by atoms with Crippen LogP contribution in [0.3, 0.4) is 0 Å². The van der Waals surface area contributed by atoms with Gasteiger partial charge in [0.1, 0.15) is 6.04 Å². The topological polar surface area (TPSA) is 32.7 Å². The molecule has 0 radical (unpaired) electrons. The zero-order valence-electron chi connectivity index (χ0n) is 10.3. The van der Waals surface area contributed by atoms with Gasteiger partial charge < -0.3 is 9.84 Å². The summed E-state index contributed by atoms with van der Waals surface area (Å²) in [4.78, 5) is 1.32. The van der Waals surface area contributed by atoms with Gasteiger partial charge in [0.2, 0.25) is 0 Å². The van der Waals surface area contributed by atoms with E-state index in [4.69, 9.17) is 9.84 Å². The van der Waals surface area contributed by atoms with Crippen molar-refractivity contribution in [3.63, 3.8) is 0 Å². The van der Waals surface area contributed by atoms with Gasteiger partial charge in [-0.25, -0.2) is 0 Å². The van der Waals surface area contributed by atoms with E-state index in [2.05, 4.69) is 0 Å². The van der Waals surface area contributed by atoms with Gasteiger partial charge in [-0.05, 0) is 5.56 Å². The van der Waals surface area contributed by atoms with E-state index in [1.54, 1.807) is 24.3 Å². The average molecular weight is 275 g/mol. The summed E-state index contributed by atoms with van der Waals surface area (Å²) in [5, 5.41) is 9.03. The van der Waals surface area contributed by atoms with Gasteiger partial charge in [-0.2, -0.15) is 13.2 Å². The lowest BCUT2D eigenvalue weighted by molar-refractivity contribution is -0.226. The summed E-state index contributed by atoms with van der Waals surface area (Å²) in [7, 11) is 0. The van der Waals surface area contributed by atoms with Gasteiger partial charge in [0.05, 0.1) is 19.3 Å². The average Bonchev–Trinajstić information content (AvgIpc) is 2.38. The molecule has 0 aromatic heterocycles. The van der Waals surface area contributed by atoms with E-state index in [-0.39, 0.29) is 19.7 Å². The number of halogens is 3. The molecule has 106 valence electrons. The number of morpholine rings is 1. The Morgan fingerprint density at radius 2 is 1.95 bits per heavy atom. The van der Waals surface area contributed by atoms with E-state index < -0.39 is 24.9 Å². The van der Waals surface area contributed by atoms with Crippen LogP contribution in [-0.2, 0) is 11.3 Å². The molecule has 2 rings (SSSR count). The lowest BCUT2D eigenvalue weighted by atomic mass is 10.1. The Balaban J connectivity index is 2.11. The van der Waals surface area contributed by atoms with Crippen LogP contribution in [0.1, 0.15) is 5.56 Å². The van der Waals surface area contributed by atoms with Crippen molar-refractivity contribution in [2.75, 3.05) is 19.8 Å². The fourth-order valence-electron chi connectivity index (χ4n) is 2.18. The lowest BCUT2D eigenvalue weighted by Gasteiger charge is -2.39. The van der Waals surface area contributed by atoms with E-state index in [1.165, 1.54) is 4.90 Å². The van der Waals surface area contributed by atoms with Crippen LogP contribution in [-0.4, -0.2) is 48.1 Å². The van der Waals surface area contributed by atoms with Gasteiger partial charge in [-0.15, -0.1) is 0 Å². The minimum Gasteiger partial charge on any atom is -0.394 e. The van der Waals surface area contributed by atoms with Gasteiger partial charge >= 0.3 is 6.18 Å². The molecule has 1 saturated heterocycles. The molecule has 2 unspecified atom stereocenters. The van der Waals surface area contributed by atoms with Crippen LogP contribution in [0.4, 0.5) is 13.2 Å². The molecule has 1 aliphatic rings. The van der Waals surface area contributed by atoms with Gasteiger partial charge in [0.15, 0.2) is 0 Å². The molecule has 6 heteroatoms. The SMILES string of the molecule is OCC1CN(Cc2ccccc2)C(C(F)(F)F)CO1. The highest BCUT2D eigenvalue weighted by Gasteiger charge is 2.46. The first-order valence-electron chi connectivity index (χ1n) is 6.08. The van der Waals surface area contributed by atoms with Crippen molar-refractivity contribution in [3.05, 3.63) is 35.9 Å². The number of ether oxygens (including phenoxy) is 1. The second-order valence-electron chi connectivity index (χ2n) is 4.61. The molecule has 1 aliphatic heterocycles. The maximum Gasteiger partial charge on any atom is 0.406 e. The first kappa shape index (κ1) is 14.3. The van der Waals surface area contributed by atoms with Crippen LogP contribution in [0.25, 0.3) is 0 Å². The van der Waals surface area contributed by atoms with E-state index in [9.17, 15) is 13.2 Å². The van der Waals surface area contributed by atoms with Crippen molar-refractivity contribution in [1.82, 2.24) is 4.90 Å². The zero-order valence-corrected chi connectivity index (χ0v) is 10.3. The molecule has 0 aliphatic carbocycles. The van der Waals surface area contributed by atoms with E-state index >= 15 is 0 Å². The summed E-state index contributed by atoms with van der Waals surface area (Å²) in [5.41, 5.74) is 0.815. The summed E-state index contributed by atoms with van der Waals surface area (Å²) >= 11 is 0. The minimum atomic E-state index is -4.32. The highest BCUT2D eigenvalue weighted by atomic mass is 19.4. The standard InChI is InChI=1S/C13H16F3NO2/c14-13(15,16)12-9-19-11(8-18)7-17(12)6-10-4-2-1-3-5-10/h1-5,11-12,18H,6-9H2. The summed E-state index contributed by atoms with van der Waals surface area (Å²) < 4.78 is 43.8. The predicted molar refractivity (Wildman–Crippen MR) is 63.5 cm³/mol. The van der Waals surface area contributed by atoms with E-state index in [1.807, 2.05) is 6.07 Å². The lowest BCUT2D eigenvalue weighted by Crippen LogP contribution is -2.56. The largest absolute Gasteiger partial charge is 0.406 e. The molecule has 2 atom stereocenters. The van der Waals surface area contributed by atoms with Crippen LogP contribution in [0, 0.1) is 0 Å². The van der Waals surface area contributed by atoms with Crippen molar-refractivity contribution in [2.45, 2.75) is 24.9 Å². The second-order valence-corrected chi connectivity index (χ2v) is 4.61. The van der Waals surface area contributed by atoms with Crippen LogP contribution in [0.15, 0.2) is 30.3 Å². The maximum absolute atomic E-state index is 12.9. The van der Waals surface area contributed by atoms with Gasteiger partial charge in [0.25, 0.3) is 0 Å². The second kappa shape index (κ2) is 5.90. The molecule has 0 spiro atoms. The Bertz CT molecular complexity index is 397. The third-order valence-electron chi connectivity index (χ3n) is 3.18. The Morgan fingerprint density at radius 1 is 1.26 bits per heavy atom. The highest BCUT2D eigenvalue weighted by Crippen LogP contribution is 2.29. The van der Waals surface area contributed by atoms with E-state index in [0.717, 1.165) is 5.56 Å². The molecule has 1 aromatic rings. The van der Waals surface area contributed by atoms with Gasteiger partial charge in [-0.3, -0.25) is 4.90 Å². The van der Waals surface area contributed by atoms with Crippen molar-refractivity contribution in [2.24, 2.45) is 0 Å². The third-order valence-corrected chi connectivity index (χ3v) is 3.18. The molecule has 3 nitrogen and oxygen atoms in total. The third kappa shape index (κ3) is 3.68. The number of benzene rings is 1. The number of hydrogen-bond acceptors (Lipinski definition) is 3. The van der Waals surface area contributed by atoms with E-state index in [0.29, 0.717) is 0 Å². The van der Waals surface area contributed by atoms with Crippen LogP contribution in [0.2, 0.25) is 0 Å². The van der Waals surface area contributed by atoms with Crippen LogP contribution < -0.4 is 0 Å². The molecule has 1 fully saturated rings. The zero-order chi connectivity index (χ0) is 13.9. The number of alkyl halides is 3. The van der Waals surface area contributed by atoms with Crippen LogP contribution >= 0.6 is 0 Å². The highest BCUT2D eigenvalue weighted by molar-refractivity contribution is 5.15. The normalized spacial score (nSPS) is 25.5. The Labute approximate surface area is 109 Å². The Kier molecular flexibility index (Phi) is 4.44. The molecule has 0 bridgehead atoms. The molecule has 0 amide bonds. The summed E-state index contributed by atoms with van der Waals surface area (Å²) in [6.07, 6.45) is -4.88. The number of hydrogen-bond donors (Lipinski definition) is 1. The monoisotopic (exact) mass is 275 g/mol. The molecule has 19 heavy (non-hydrogen) atoms. The Hall–Kier alpha value is -1.11. The Morgan fingerprint density at radius 3 is 2.53 bits per heavy atom. The smallest absolute Gasteiger partial charge is 0.394 e. The minimum absolute atomic E-state index is 0.0789. The molecule has 0 saturated carbocycles. The number of aliphatic hydroxyl groups excluding tert-OH is 1. The number of rotatable bonds is 3. The first-order valence-corrected chi connectivity index (χ1v) is 6.08. The summed E-state index contributed by atoms with van der Waals surface area (Å²) in [5.74, 6) is 0. The molecular formula is C13H16F3NO2. The summed E-state index contributed by atoms with van der Waals surface area (Å²) in [6.45, 7) is -0.419.